The normalized spacial score (nSPS) is 10.7. The Balaban J connectivity index is 0.00000220. The van der Waals surface area contributed by atoms with Crippen LogP contribution in [0.25, 0.3) is 0 Å². The van der Waals surface area contributed by atoms with Gasteiger partial charge in [-0.25, -0.2) is 0 Å². The van der Waals surface area contributed by atoms with Crippen LogP contribution >= 0.6 is 0 Å². The van der Waals surface area contributed by atoms with Gasteiger partial charge < -0.3 is 0 Å². The molecule has 0 fully saturated rings. The molecule has 5 rings (SSSR count). The summed E-state index contributed by atoms with van der Waals surface area (Å²) in [6.45, 7) is 4.70. The molecule has 40 heavy (non-hydrogen) atoms. The van der Waals surface area contributed by atoms with Crippen molar-refractivity contribution in [3.63, 3.8) is 0 Å². The Morgan fingerprint density at radius 3 is 0.850 bits per heavy atom. The van der Waals surface area contributed by atoms with Gasteiger partial charge in [0, 0.05) is 64.1 Å². The Labute approximate surface area is 262 Å². The van der Waals surface area contributed by atoms with Crippen LogP contribution in [0.1, 0.15) is 33.9 Å². The van der Waals surface area contributed by atoms with Crippen molar-refractivity contribution in [1.29, 1.82) is 0 Å². The third-order valence-electron chi connectivity index (χ3n) is 6.28. The number of hydrogen-bond acceptors (Lipinski definition) is 6. The second-order valence-electron chi connectivity index (χ2n) is 9.39. The summed E-state index contributed by atoms with van der Waals surface area (Å²) < 4.78 is 0. The summed E-state index contributed by atoms with van der Waals surface area (Å²) in [6.07, 6.45) is 7.41. The SMILES string of the molecule is [Zn+2].[Zn+2].c1ccc(CN(Cc2ccc(CN(Cc3ccccn3)Cc3ccccn3)cc2)Cc2ccccn2)nc1. The first-order valence-electron chi connectivity index (χ1n) is 12.9. The van der Waals surface area contributed by atoms with Gasteiger partial charge in [0.05, 0.1) is 22.8 Å². The van der Waals surface area contributed by atoms with Crippen LogP contribution in [-0.4, -0.2) is 29.7 Å². The van der Waals surface area contributed by atoms with E-state index in [0.29, 0.717) is 0 Å². The molecule has 1 aromatic carbocycles. The molecule has 0 unspecified atom stereocenters. The number of aromatic nitrogens is 4. The Hall–Kier alpha value is -3.01. The van der Waals surface area contributed by atoms with E-state index in [1.807, 2.05) is 73.3 Å². The van der Waals surface area contributed by atoms with E-state index in [1.165, 1.54) is 11.1 Å². The van der Waals surface area contributed by atoms with E-state index in [0.717, 1.165) is 62.0 Å². The molecular weight excluding hydrogens is 599 g/mol. The number of hydrogen-bond donors (Lipinski definition) is 0. The third-order valence-corrected chi connectivity index (χ3v) is 6.28. The van der Waals surface area contributed by atoms with E-state index < -0.39 is 0 Å². The number of benzene rings is 1. The maximum Gasteiger partial charge on any atom is 2.00 e. The average molecular weight is 631 g/mol. The van der Waals surface area contributed by atoms with E-state index in [4.69, 9.17) is 0 Å². The second-order valence-corrected chi connectivity index (χ2v) is 9.39. The van der Waals surface area contributed by atoms with Crippen molar-refractivity contribution >= 4 is 0 Å². The van der Waals surface area contributed by atoms with Crippen molar-refractivity contribution in [1.82, 2.24) is 29.7 Å². The quantitative estimate of drug-likeness (QED) is 0.166. The van der Waals surface area contributed by atoms with Crippen LogP contribution in [0.3, 0.4) is 0 Å². The average Bonchev–Trinajstić information content (AvgIpc) is 2.96. The standard InChI is InChI=1S/C32H32N6.2Zn/c1-5-17-33-29(9-1)23-37(24-30-10-2-6-18-34-30)21-27-13-15-28(16-14-27)22-38(25-31-11-3-7-19-35-31)26-32-12-4-8-20-36-32;;/h1-20H,21-26H2;;/q;2*+2. The summed E-state index contributed by atoms with van der Waals surface area (Å²) >= 11 is 0. The molecule has 6 nitrogen and oxygen atoms in total. The van der Waals surface area contributed by atoms with E-state index in [9.17, 15) is 0 Å². The molecule has 5 aromatic rings. The van der Waals surface area contributed by atoms with Crippen molar-refractivity contribution in [2.45, 2.75) is 39.3 Å². The fourth-order valence-corrected chi connectivity index (χ4v) is 4.48. The molecule has 0 N–H and O–H groups in total. The summed E-state index contributed by atoms with van der Waals surface area (Å²) in [5.74, 6) is 0. The first-order valence-corrected chi connectivity index (χ1v) is 12.9. The molecule has 8 heteroatoms. The first kappa shape index (κ1) is 31.5. The predicted octanol–water partition coefficient (Wildman–Crippen LogP) is 5.67. The molecule has 0 saturated heterocycles. The van der Waals surface area contributed by atoms with Gasteiger partial charge in [-0.3, -0.25) is 29.7 Å². The molecular formula is C32H32N6Zn2+4. The van der Waals surface area contributed by atoms with E-state index in [-0.39, 0.29) is 39.0 Å². The van der Waals surface area contributed by atoms with Gasteiger partial charge in [-0.05, 0) is 59.7 Å². The molecule has 0 atom stereocenters. The molecule has 0 bridgehead atoms. The largest absolute Gasteiger partial charge is 2.00 e. The monoisotopic (exact) mass is 628 g/mol. The van der Waals surface area contributed by atoms with E-state index in [2.05, 4.69) is 78.3 Å². The zero-order chi connectivity index (χ0) is 25.8. The maximum absolute atomic E-state index is 4.54. The van der Waals surface area contributed by atoms with Crippen LogP contribution < -0.4 is 0 Å². The van der Waals surface area contributed by atoms with Crippen molar-refractivity contribution in [2.24, 2.45) is 0 Å². The van der Waals surface area contributed by atoms with Crippen LogP contribution in [0.5, 0.6) is 0 Å². The minimum Gasteiger partial charge on any atom is -0.287 e. The van der Waals surface area contributed by atoms with Gasteiger partial charge in [0.2, 0.25) is 0 Å². The topological polar surface area (TPSA) is 58.0 Å². The Morgan fingerprint density at radius 2 is 0.625 bits per heavy atom. The molecule has 0 aliphatic carbocycles. The minimum atomic E-state index is 0. The maximum atomic E-state index is 4.54. The summed E-state index contributed by atoms with van der Waals surface area (Å²) in [6, 6.07) is 33.2. The Bertz CT molecular complexity index is 1170. The van der Waals surface area contributed by atoms with Crippen LogP contribution in [0, 0.1) is 0 Å². The Kier molecular flexibility index (Phi) is 13.3. The molecule has 0 aliphatic heterocycles. The van der Waals surface area contributed by atoms with Crippen molar-refractivity contribution < 1.29 is 39.0 Å². The van der Waals surface area contributed by atoms with Crippen molar-refractivity contribution in [3.8, 4) is 0 Å². The zero-order valence-corrected chi connectivity index (χ0v) is 28.8. The smallest absolute Gasteiger partial charge is 0.287 e. The van der Waals surface area contributed by atoms with Gasteiger partial charge in [0.25, 0.3) is 0 Å². The van der Waals surface area contributed by atoms with Crippen LogP contribution in [-0.2, 0) is 78.2 Å². The molecule has 0 aliphatic rings. The molecule has 190 valence electrons. The fraction of sp³-hybridized carbons (Fsp3) is 0.188. The predicted molar refractivity (Wildman–Crippen MR) is 149 cm³/mol. The molecule has 4 aromatic heterocycles. The molecule has 0 spiro atoms. The number of rotatable bonds is 12. The van der Waals surface area contributed by atoms with Crippen LogP contribution in [0.2, 0.25) is 0 Å². The van der Waals surface area contributed by atoms with Gasteiger partial charge in [-0.1, -0.05) is 48.5 Å². The van der Waals surface area contributed by atoms with Gasteiger partial charge in [-0.15, -0.1) is 0 Å². The molecule has 0 radical (unpaired) electrons. The summed E-state index contributed by atoms with van der Waals surface area (Å²) in [5, 5.41) is 0. The third kappa shape index (κ3) is 10.2. The Morgan fingerprint density at radius 1 is 0.350 bits per heavy atom. The van der Waals surface area contributed by atoms with E-state index >= 15 is 0 Å². The van der Waals surface area contributed by atoms with E-state index in [1.54, 1.807) is 0 Å². The number of pyridine rings is 4. The summed E-state index contributed by atoms with van der Waals surface area (Å²) in [7, 11) is 0. The molecule has 0 saturated carbocycles. The first-order chi connectivity index (χ1) is 18.8. The zero-order valence-electron chi connectivity index (χ0n) is 22.9. The van der Waals surface area contributed by atoms with Gasteiger partial charge in [-0.2, -0.15) is 0 Å². The van der Waals surface area contributed by atoms with Gasteiger partial charge in [0.1, 0.15) is 0 Å². The fourth-order valence-electron chi connectivity index (χ4n) is 4.48. The second kappa shape index (κ2) is 16.9. The van der Waals surface area contributed by atoms with Gasteiger partial charge >= 0.3 is 39.0 Å². The van der Waals surface area contributed by atoms with Crippen molar-refractivity contribution in [3.05, 3.63) is 156 Å². The minimum absolute atomic E-state index is 0. The van der Waals surface area contributed by atoms with Crippen LogP contribution in [0.4, 0.5) is 0 Å². The van der Waals surface area contributed by atoms with Crippen molar-refractivity contribution in [2.75, 3.05) is 0 Å². The van der Waals surface area contributed by atoms with Crippen LogP contribution in [0.15, 0.2) is 122 Å². The van der Waals surface area contributed by atoms with Gasteiger partial charge in [0.15, 0.2) is 0 Å². The summed E-state index contributed by atoms with van der Waals surface area (Å²) in [4.78, 5) is 22.9. The summed E-state index contributed by atoms with van der Waals surface area (Å²) in [5.41, 5.74) is 6.75. The molecule has 0 amide bonds. The molecule has 4 heterocycles. The number of nitrogens with zero attached hydrogens (tertiary/aromatic N) is 6.